The Labute approximate surface area is 93.7 Å². The molecule has 4 amide bonds. The van der Waals surface area contributed by atoms with Gasteiger partial charge in [-0.25, -0.2) is 19.5 Å². The van der Waals surface area contributed by atoms with Crippen LogP contribution in [0.5, 0.6) is 0 Å². The summed E-state index contributed by atoms with van der Waals surface area (Å²) >= 11 is 0. The van der Waals surface area contributed by atoms with E-state index >= 15 is 0 Å². The van der Waals surface area contributed by atoms with Crippen molar-refractivity contribution in [2.75, 3.05) is 19.4 Å². The van der Waals surface area contributed by atoms with Crippen molar-refractivity contribution in [3.05, 3.63) is 23.9 Å². The first-order chi connectivity index (χ1) is 7.54. The van der Waals surface area contributed by atoms with Gasteiger partial charge in [0.2, 0.25) is 0 Å². The Morgan fingerprint density at radius 2 is 2.06 bits per heavy atom. The maximum Gasteiger partial charge on any atom is 0.330 e. The predicted octanol–water partition coefficient (Wildman–Crippen LogP) is 1.19. The normalized spacial score (nSPS) is 9.44. The van der Waals surface area contributed by atoms with Crippen LogP contribution in [0.1, 0.15) is 5.56 Å². The van der Waals surface area contributed by atoms with Crippen molar-refractivity contribution < 1.29 is 9.59 Å². The SMILES string of the molecule is CNC(=O)N(C)C(=O)Nc1cc(C)ccn1. The van der Waals surface area contributed by atoms with E-state index in [1.54, 1.807) is 12.3 Å². The molecule has 0 saturated carbocycles. The van der Waals surface area contributed by atoms with Crippen molar-refractivity contribution in [1.82, 2.24) is 15.2 Å². The fourth-order valence-corrected chi connectivity index (χ4v) is 1.06. The van der Waals surface area contributed by atoms with Gasteiger partial charge in [-0.1, -0.05) is 0 Å². The number of nitrogens with one attached hydrogen (secondary N) is 2. The number of nitrogens with zero attached hydrogens (tertiary/aromatic N) is 2. The van der Waals surface area contributed by atoms with E-state index in [1.807, 2.05) is 13.0 Å². The molecule has 1 rings (SSSR count). The van der Waals surface area contributed by atoms with Crippen LogP contribution in [0.4, 0.5) is 15.4 Å². The van der Waals surface area contributed by atoms with Gasteiger partial charge in [0.25, 0.3) is 0 Å². The molecular formula is C10H14N4O2. The second kappa shape index (κ2) is 5.11. The van der Waals surface area contributed by atoms with Gasteiger partial charge in [-0.2, -0.15) is 0 Å². The molecule has 0 unspecified atom stereocenters. The van der Waals surface area contributed by atoms with Crippen molar-refractivity contribution in [3.63, 3.8) is 0 Å². The molecule has 16 heavy (non-hydrogen) atoms. The molecule has 6 heteroatoms. The largest absolute Gasteiger partial charge is 0.341 e. The zero-order valence-electron chi connectivity index (χ0n) is 9.44. The first-order valence-corrected chi connectivity index (χ1v) is 4.73. The molecule has 0 spiro atoms. The van der Waals surface area contributed by atoms with E-state index in [0.717, 1.165) is 10.5 Å². The summed E-state index contributed by atoms with van der Waals surface area (Å²) in [5.41, 5.74) is 0.980. The molecule has 1 aromatic rings. The number of aryl methyl sites for hydroxylation is 1. The third kappa shape index (κ3) is 2.94. The second-order valence-electron chi connectivity index (χ2n) is 3.26. The molecular weight excluding hydrogens is 208 g/mol. The number of hydrogen-bond donors (Lipinski definition) is 2. The van der Waals surface area contributed by atoms with Gasteiger partial charge < -0.3 is 5.32 Å². The lowest BCUT2D eigenvalue weighted by Gasteiger charge is -2.15. The van der Waals surface area contributed by atoms with Gasteiger partial charge in [-0.05, 0) is 24.6 Å². The summed E-state index contributed by atoms with van der Waals surface area (Å²) < 4.78 is 0. The molecule has 1 heterocycles. The molecule has 6 nitrogen and oxygen atoms in total. The molecule has 0 radical (unpaired) electrons. The number of urea groups is 2. The minimum Gasteiger partial charge on any atom is -0.341 e. The van der Waals surface area contributed by atoms with E-state index in [9.17, 15) is 9.59 Å². The number of aromatic nitrogens is 1. The van der Waals surface area contributed by atoms with Gasteiger partial charge in [-0.3, -0.25) is 5.32 Å². The molecule has 2 N–H and O–H groups in total. The number of hydrogen-bond acceptors (Lipinski definition) is 3. The summed E-state index contributed by atoms with van der Waals surface area (Å²) in [5, 5.41) is 4.86. The summed E-state index contributed by atoms with van der Waals surface area (Å²) in [7, 11) is 2.83. The monoisotopic (exact) mass is 222 g/mol. The predicted molar refractivity (Wildman–Crippen MR) is 60.2 cm³/mol. The van der Waals surface area contributed by atoms with Crippen molar-refractivity contribution in [2.45, 2.75) is 6.92 Å². The zero-order valence-corrected chi connectivity index (χ0v) is 9.44. The minimum absolute atomic E-state index is 0.417. The summed E-state index contributed by atoms with van der Waals surface area (Å²) in [6, 6.07) is 2.52. The van der Waals surface area contributed by atoms with Crippen LogP contribution in [0.25, 0.3) is 0 Å². The van der Waals surface area contributed by atoms with E-state index < -0.39 is 12.1 Å². The average Bonchev–Trinajstić information content (AvgIpc) is 2.27. The Hall–Kier alpha value is -2.11. The number of carbonyl (C=O) groups excluding carboxylic acids is 2. The quantitative estimate of drug-likeness (QED) is 0.749. The Morgan fingerprint density at radius 1 is 1.38 bits per heavy atom. The molecule has 1 aromatic heterocycles. The fourth-order valence-electron chi connectivity index (χ4n) is 1.06. The van der Waals surface area contributed by atoms with Gasteiger partial charge in [-0.15, -0.1) is 0 Å². The average molecular weight is 222 g/mol. The Kier molecular flexibility index (Phi) is 3.82. The highest BCUT2D eigenvalue weighted by Crippen LogP contribution is 2.05. The van der Waals surface area contributed by atoms with Gasteiger partial charge in [0.1, 0.15) is 5.82 Å². The van der Waals surface area contributed by atoms with Gasteiger partial charge in [0, 0.05) is 20.3 Å². The lowest BCUT2D eigenvalue weighted by atomic mass is 10.3. The summed E-state index contributed by atoms with van der Waals surface area (Å²) in [5.74, 6) is 0.417. The van der Waals surface area contributed by atoms with E-state index in [2.05, 4.69) is 15.6 Å². The molecule has 86 valence electrons. The molecule has 0 bridgehead atoms. The molecule has 0 saturated heterocycles. The lowest BCUT2D eigenvalue weighted by molar-refractivity contribution is 0.203. The third-order valence-corrected chi connectivity index (χ3v) is 1.97. The molecule has 0 aromatic carbocycles. The maximum atomic E-state index is 11.5. The molecule has 0 atom stereocenters. The highest BCUT2D eigenvalue weighted by atomic mass is 16.2. The maximum absolute atomic E-state index is 11.5. The number of imide groups is 1. The number of carbonyl (C=O) groups is 2. The highest BCUT2D eigenvalue weighted by Gasteiger charge is 2.15. The Bertz CT molecular complexity index is 406. The van der Waals surface area contributed by atoms with Crippen LogP contribution < -0.4 is 10.6 Å². The fraction of sp³-hybridized carbons (Fsp3) is 0.300. The van der Waals surface area contributed by atoms with Crippen molar-refractivity contribution in [1.29, 1.82) is 0 Å². The number of pyridine rings is 1. The van der Waals surface area contributed by atoms with Gasteiger partial charge in [0.05, 0.1) is 0 Å². The Balaban J connectivity index is 2.68. The van der Waals surface area contributed by atoms with Crippen LogP contribution in [-0.2, 0) is 0 Å². The molecule has 0 aliphatic carbocycles. The van der Waals surface area contributed by atoms with Crippen molar-refractivity contribution >= 4 is 17.9 Å². The van der Waals surface area contributed by atoms with Crippen molar-refractivity contribution in [3.8, 4) is 0 Å². The number of rotatable bonds is 1. The van der Waals surface area contributed by atoms with E-state index in [-0.39, 0.29) is 0 Å². The third-order valence-electron chi connectivity index (χ3n) is 1.97. The second-order valence-corrected chi connectivity index (χ2v) is 3.26. The first-order valence-electron chi connectivity index (χ1n) is 4.73. The van der Waals surface area contributed by atoms with Gasteiger partial charge >= 0.3 is 12.1 Å². The molecule has 0 fully saturated rings. The summed E-state index contributed by atoms with van der Waals surface area (Å²) in [4.78, 5) is 27.6. The standard InChI is InChI=1S/C10H14N4O2/c1-7-4-5-12-8(6-7)13-10(16)14(3)9(15)11-2/h4-6H,1-3H3,(H,11,15)(H,12,13,16). The van der Waals surface area contributed by atoms with Crippen LogP contribution in [0, 0.1) is 6.92 Å². The summed E-state index contributed by atoms with van der Waals surface area (Å²) in [6.07, 6.45) is 1.59. The lowest BCUT2D eigenvalue weighted by Crippen LogP contribution is -2.41. The number of amides is 4. The molecule has 0 aliphatic rings. The van der Waals surface area contributed by atoms with Crippen LogP contribution in [0.2, 0.25) is 0 Å². The number of anilines is 1. The first kappa shape index (κ1) is 12.0. The van der Waals surface area contributed by atoms with E-state index in [1.165, 1.54) is 14.1 Å². The zero-order chi connectivity index (χ0) is 12.1. The molecule has 0 aliphatic heterocycles. The van der Waals surface area contributed by atoms with E-state index in [0.29, 0.717) is 5.82 Å². The van der Waals surface area contributed by atoms with Crippen molar-refractivity contribution in [2.24, 2.45) is 0 Å². The van der Waals surface area contributed by atoms with Crippen LogP contribution in [0.15, 0.2) is 18.3 Å². The van der Waals surface area contributed by atoms with Crippen LogP contribution in [0.3, 0.4) is 0 Å². The van der Waals surface area contributed by atoms with Gasteiger partial charge in [0.15, 0.2) is 0 Å². The highest BCUT2D eigenvalue weighted by molar-refractivity contribution is 5.99. The summed E-state index contributed by atoms with van der Waals surface area (Å²) in [6.45, 7) is 1.89. The Morgan fingerprint density at radius 3 is 2.62 bits per heavy atom. The van der Waals surface area contributed by atoms with E-state index in [4.69, 9.17) is 0 Å². The minimum atomic E-state index is -0.530. The van der Waals surface area contributed by atoms with Crippen LogP contribution in [-0.4, -0.2) is 36.0 Å². The smallest absolute Gasteiger partial charge is 0.330 e. The topological polar surface area (TPSA) is 74.3 Å². The van der Waals surface area contributed by atoms with Crippen LogP contribution >= 0.6 is 0 Å².